The number of methoxy groups -OCH3 is 3. The molecule has 4 N–H and O–H groups in total. The Bertz CT molecular complexity index is 713. The van der Waals surface area contributed by atoms with Crippen LogP contribution in [0.3, 0.4) is 0 Å². The summed E-state index contributed by atoms with van der Waals surface area (Å²) in [5.41, 5.74) is 0.0133. The Morgan fingerprint density at radius 3 is 2.30 bits per heavy atom. The average Bonchev–Trinajstić information content (AvgIpc) is 2.97. The van der Waals surface area contributed by atoms with Crippen LogP contribution in [-0.4, -0.2) is 42.5 Å². The highest BCUT2D eigenvalue weighted by molar-refractivity contribution is 5.90. The minimum Gasteiger partial charge on any atom is -0.493 e. The van der Waals surface area contributed by atoms with Gasteiger partial charge in [-0.05, 0) is 0 Å². The molecular formula is C13H17N5O5. The van der Waals surface area contributed by atoms with Gasteiger partial charge in [0.25, 0.3) is 0 Å². The van der Waals surface area contributed by atoms with Gasteiger partial charge in [-0.25, -0.2) is 14.7 Å². The number of rotatable bonds is 6. The van der Waals surface area contributed by atoms with Crippen LogP contribution in [-0.2, 0) is 6.54 Å². The third-order valence-corrected chi connectivity index (χ3v) is 2.89. The average molecular weight is 323 g/mol. The summed E-state index contributed by atoms with van der Waals surface area (Å²) in [5, 5.41) is 11.1. The number of nitrogens with one attached hydrogen (secondary N) is 4. The molecule has 0 fully saturated rings. The van der Waals surface area contributed by atoms with Gasteiger partial charge >= 0.3 is 11.7 Å². The zero-order valence-corrected chi connectivity index (χ0v) is 12.9. The number of benzene rings is 1. The van der Waals surface area contributed by atoms with E-state index in [1.807, 2.05) is 0 Å². The van der Waals surface area contributed by atoms with Gasteiger partial charge in [0.2, 0.25) is 5.75 Å². The molecular weight excluding hydrogens is 306 g/mol. The second-order valence-electron chi connectivity index (χ2n) is 4.35. The van der Waals surface area contributed by atoms with Crippen LogP contribution in [0, 0.1) is 0 Å². The predicted molar refractivity (Wildman–Crippen MR) is 81.2 cm³/mol. The number of hydrogen-bond acceptors (Lipinski definition) is 6. The smallest absolute Gasteiger partial charge is 0.340 e. The number of amides is 2. The first-order valence-electron chi connectivity index (χ1n) is 6.55. The van der Waals surface area contributed by atoms with Gasteiger partial charge in [-0.15, -0.1) is 0 Å². The molecule has 23 heavy (non-hydrogen) atoms. The van der Waals surface area contributed by atoms with Crippen molar-refractivity contribution in [2.45, 2.75) is 6.54 Å². The maximum absolute atomic E-state index is 11.9. The Morgan fingerprint density at radius 2 is 1.83 bits per heavy atom. The van der Waals surface area contributed by atoms with Gasteiger partial charge in [-0.3, -0.25) is 4.98 Å². The molecule has 1 aromatic carbocycles. The van der Waals surface area contributed by atoms with Crippen LogP contribution in [0.4, 0.5) is 10.5 Å². The van der Waals surface area contributed by atoms with Crippen molar-refractivity contribution in [2.75, 3.05) is 26.6 Å². The number of hydrogen-bond donors (Lipinski definition) is 4. The lowest BCUT2D eigenvalue weighted by Crippen LogP contribution is -2.28. The largest absolute Gasteiger partial charge is 0.493 e. The Hall–Kier alpha value is -3.17. The van der Waals surface area contributed by atoms with E-state index in [4.69, 9.17) is 14.2 Å². The number of H-pyrrole nitrogens is 2. The summed E-state index contributed by atoms with van der Waals surface area (Å²) in [5.74, 6) is 1.57. The molecule has 1 aromatic heterocycles. The number of carbonyl (C=O) groups excluding carboxylic acids is 1. The van der Waals surface area contributed by atoms with Gasteiger partial charge in [0.15, 0.2) is 11.5 Å². The number of nitrogens with zero attached hydrogens (tertiary/aromatic N) is 1. The van der Waals surface area contributed by atoms with E-state index in [1.165, 1.54) is 21.3 Å². The van der Waals surface area contributed by atoms with Crippen LogP contribution in [0.5, 0.6) is 17.2 Å². The van der Waals surface area contributed by atoms with E-state index >= 15 is 0 Å². The lowest BCUT2D eigenvalue weighted by Gasteiger charge is -2.14. The van der Waals surface area contributed by atoms with Crippen molar-refractivity contribution in [3.05, 3.63) is 28.4 Å². The standard InChI is InChI=1S/C13H17N5O5/c1-21-8-4-7(5-9(22-2)11(8)23-3)15-12(19)14-6-10-16-13(20)18-17-10/h4-5H,6H2,1-3H3,(H2,14,15,19)(H2,16,17,18,20). The quantitative estimate of drug-likeness (QED) is 0.610. The van der Waals surface area contributed by atoms with Gasteiger partial charge < -0.3 is 24.8 Å². The van der Waals surface area contributed by atoms with E-state index < -0.39 is 11.7 Å². The number of aromatic amines is 2. The van der Waals surface area contributed by atoms with Crippen LogP contribution in [0.2, 0.25) is 0 Å². The zero-order chi connectivity index (χ0) is 16.8. The molecule has 0 atom stereocenters. The number of ether oxygens (including phenoxy) is 3. The summed E-state index contributed by atoms with van der Waals surface area (Å²) < 4.78 is 15.6. The van der Waals surface area contributed by atoms with Gasteiger partial charge in [-0.1, -0.05) is 0 Å². The summed E-state index contributed by atoms with van der Waals surface area (Å²) in [6.07, 6.45) is 0. The molecule has 2 rings (SSSR count). The van der Waals surface area contributed by atoms with E-state index in [-0.39, 0.29) is 6.54 Å². The molecule has 0 saturated carbocycles. The highest BCUT2D eigenvalue weighted by atomic mass is 16.5. The molecule has 0 saturated heterocycles. The monoisotopic (exact) mass is 323 g/mol. The lowest BCUT2D eigenvalue weighted by atomic mass is 10.2. The lowest BCUT2D eigenvalue weighted by molar-refractivity contribution is 0.251. The number of urea groups is 1. The second kappa shape index (κ2) is 7.20. The van der Waals surface area contributed by atoms with Crippen LogP contribution in [0.1, 0.15) is 5.82 Å². The van der Waals surface area contributed by atoms with Gasteiger partial charge in [-0.2, -0.15) is 5.10 Å². The van der Waals surface area contributed by atoms with Crippen molar-refractivity contribution < 1.29 is 19.0 Å². The van der Waals surface area contributed by atoms with Gasteiger partial charge in [0, 0.05) is 12.1 Å². The fourth-order valence-corrected chi connectivity index (χ4v) is 1.88. The van der Waals surface area contributed by atoms with E-state index in [2.05, 4.69) is 25.8 Å². The Labute approximate surface area is 131 Å². The van der Waals surface area contributed by atoms with E-state index in [9.17, 15) is 9.59 Å². The van der Waals surface area contributed by atoms with Gasteiger partial charge in [0.05, 0.1) is 33.6 Å². The molecule has 0 spiro atoms. The Morgan fingerprint density at radius 1 is 1.17 bits per heavy atom. The molecule has 0 aliphatic heterocycles. The molecule has 2 amide bonds. The molecule has 0 radical (unpaired) electrons. The van der Waals surface area contributed by atoms with Crippen molar-refractivity contribution in [3.8, 4) is 17.2 Å². The van der Waals surface area contributed by atoms with Crippen LogP contribution < -0.4 is 30.5 Å². The fourth-order valence-electron chi connectivity index (χ4n) is 1.88. The normalized spacial score (nSPS) is 10.0. The summed E-state index contributed by atoms with van der Waals surface area (Å²) in [4.78, 5) is 25.2. The molecule has 0 aliphatic carbocycles. The number of carbonyl (C=O) groups is 1. The van der Waals surface area contributed by atoms with Crippen molar-refractivity contribution in [2.24, 2.45) is 0 Å². The second-order valence-corrected chi connectivity index (χ2v) is 4.35. The first kappa shape index (κ1) is 16.2. The maximum Gasteiger partial charge on any atom is 0.340 e. The van der Waals surface area contributed by atoms with Crippen molar-refractivity contribution >= 4 is 11.7 Å². The zero-order valence-electron chi connectivity index (χ0n) is 12.9. The number of aromatic nitrogens is 3. The molecule has 0 bridgehead atoms. The molecule has 2 aromatic rings. The molecule has 0 unspecified atom stereocenters. The minimum atomic E-state index is -0.483. The van der Waals surface area contributed by atoms with Gasteiger partial charge in [0.1, 0.15) is 5.82 Å². The van der Waals surface area contributed by atoms with Crippen LogP contribution in [0.25, 0.3) is 0 Å². The third kappa shape index (κ3) is 3.93. The van der Waals surface area contributed by atoms with E-state index in [1.54, 1.807) is 12.1 Å². The van der Waals surface area contributed by atoms with Crippen LogP contribution in [0.15, 0.2) is 16.9 Å². The third-order valence-electron chi connectivity index (χ3n) is 2.89. The Kier molecular flexibility index (Phi) is 5.07. The van der Waals surface area contributed by atoms with Crippen molar-refractivity contribution in [1.29, 1.82) is 0 Å². The first-order valence-corrected chi connectivity index (χ1v) is 6.55. The highest BCUT2D eigenvalue weighted by Gasteiger charge is 2.14. The fraction of sp³-hybridized carbons (Fsp3) is 0.308. The summed E-state index contributed by atoms with van der Waals surface area (Å²) in [7, 11) is 4.45. The maximum atomic E-state index is 11.9. The molecule has 0 aliphatic rings. The highest BCUT2D eigenvalue weighted by Crippen LogP contribution is 2.39. The predicted octanol–water partition coefficient (Wildman–Crippen LogP) is 0.445. The SMILES string of the molecule is COc1cc(NC(=O)NCc2n[nH]c(=O)[nH]2)cc(OC)c1OC. The van der Waals surface area contributed by atoms with E-state index in [0.717, 1.165) is 0 Å². The summed E-state index contributed by atoms with van der Waals surface area (Å²) >= 11 is 0. The molecule has 124 valence electrons. The summed E-state index contributed by atoms with van der Waals surface area (Å²) in [6, 6.07) is 2.71. The number of anilines is 1. The van der Waals surface area contributed by atoms with E-state index in [0.29, 0.717) is 28.8 Å². The molecule has 10 nitrogen and oxygen atoms in total. The van der Waals surface area contributed by atoms with Crippen molar-refractivity contribution in [1.82, 2.24) is 20.5 Å². The summed E-state index contributed by atoms with van der Waals surface area (Å²) in [6.45, 7) is 0.0645. The van der Waals surface area contributed by atoms with Crippen molar-refractivity contribution in [3.63, 3.8) is 0 Å². The topological polar surface area (TPSA) is 130 Å². The molecule has 1 heterocycles. The molecule has 10 heteroatoms. The minimum absolute atomic E-state index is 0.0645. The van der Waals surface area contributed by atoms with Crippen LogP contribution >= 0.6 is 0 Å². The Balaban J connectivity index is 2.06. The first-order chi connectivity index (χ1) is 11.1.